The number of carbonyl (C=O) groups is 2. The molecular weight excluding hydrogens is 663 g/mol. The fourth-order valence-corrected chi connectivity index (χ4v) is 5.90. The maximum atomic E-state index is 12.4. The normalized spacial score (nSPS) is 12.9. The van der Waals surface area contributed by atoms with Crippen LogP contribution < -0.4 is 0 Å². The molecule has 0 aliphatic carbocycles. The molecule has 0 amide bonds. The van der Waals surface area contributed by atoms with E-state index in [0.717, 1.165) is 44.9 Å². The lowest BCUT2D eigenvalue weighted by Gasteiger charge is -2.18. The van der Waals surface area contributed by atoms with Gasteiger partial charge in [-0.05, 0) is 51.4 Å². The molecule has 0 aliphatic heterocycles. The summed E-state index contributed by atoms with van der Waals surface area (Å²) in [5, 5.41) is 0. The van der Waals surface area contributed by atoms with Crippen LogP contribution in [0.3, 0.4) is 0 Å². The zero-order chi connectivity index (χ0) is 37.5. The molecule has 0 aliphatic rings. The molecule has 0 fully saturated rings. The van der Waals surface area contributed by atoms with Gasteiger partial charge in [-0.2, -0.15) is 0 Å². The van der Waals surface area contributed by atoms with Crippen LogP contribution in [0.4, 0.5) is 0 Å². The van der Waals surface area contributed by atoms with E-state index >= 15 is 0 Å². The van der Waals surface area contributed by atoms with E-state index in [9.17, 15) is 14.2 Å². The average Bonchev–Trinajstić information content (AvgIpc) is 3.10. The fraction of sp³-hybridized carbons (Fsp3) is 0.762. The summed E-state index contributed by atoms with van der Waals surface area (Å²) < 4.78 is 26.3. The van der Waals surface area contributed by atoms with Crippen molar-refractivity contribution in [1.82, 2.24) is 0 Å². The van der Waals surface area contributed by atoms with Crippen LogP contribution in [0.1, 0.15) is 187 Å². The maximum absolute atomic E-state index is 12.4. The van der Waals surface area contributed by atoms with Crippen molar-refractivity contribution in [2.75, 3.05) is 13.2 Å². The van der Waals surface area contributed by atoms with Crippen molar-refractivity contribution in [1.29, 1.82) is 0 Å². The Labute approximate surface area is 312 Å². The Hall–Kier alpha value is -1.99. The van der Waals surface area contributed by atoms with Gasteiger partial charge in [0.1, 0.15) is 6.61 Å². The number of ether oxygens (including phenoxy) is 2. The number of carbonyl (C=O) groups excluding carboxylic acids is 2. The summed E-state index contributed by atoms with van der Waals surface area (Å²) in [6.07, 6.45) is 45.5. The molecule has 0 bridgehead atoms. The third-order valence-electron chi connectivity index (χ3n) is 8.60. The van der Waals surface area contributed by atoms with E-state index < -0.39 is 32.5 Å². The molecule has 2 N–H and O–H groups in total. The SMILES string of the molecule is CCCCC/C=C\C/C=C\C/C=C\C/C=C\CCCC(=O)OC[C@H](COP(=O)(O)O)OC(=O)CCCCCCCCCCCCCCCCCC. The summed E-state index contributed by atoms with van der Waals surface area (Å²) in [7, 11) is -4.76. The predicted molar refractivity (Wildman–Crippen MR) is 211 cm³/mol. The van der Waals surface area contributed by atoms with E-state index in [2.05, 4.69) is 60.9 Å². The molecule has 0 heterocycles. The number of allylic oxidation sites excluding steroid dienone is 8. The minimum Gasteiger partial charge on any atom is -0.462 e. The molecule has 0 saturated heterocycles. The van der Waals surface area contributed by atoms with E-state index in [1.165, 1.54) is 103 Å². The van der Waals surface area contributed by atoms with Crippen LogP contribution in [0.25, 0.3) is 0 Å². The summed E-state index contributed by atoms with van der Waals surface area (Å²) in [5.41, 5.74) is 0. The van der Waals surface area contributed by atoms with E-state index in [1.54, 1.807) is 0 Å². The van der Waals surface area contributed by atoms with Crippen LogP contribution in [0.15, 0.2) is 48.6 Å². The lowest BCUT2D eigenvalue weighted by Crippen LogP contribution is -2.29. The summed E-state index contributed by atoms with van der Waals surface area (Å²) in [6, 6.07) is 0. The van der Waals surface area contributed by atoms with Gasteiger partial charge in [-0.1, -0.05) is 172 Å². The van der Waals surface area contributed by atoms with Crippen molar-refractivity contribution in [2.45, 2.75) is 193 Å². The Bertz CT molecular complexity index is 968. The second kappa shape index (κ2) is 37.8. The van der Waals surface area contributed by atoms with Gasteiger partial charge in [0.05, 0.1) is 6.61 Å². The molecule has 8 nitrogen and oxygen atoms in total. The van der Waals surface area contributed by atoms with Crippen LogP contribution in [0, 0.1) is 0 Å². The van der Waals surface area contributed by atoms with Crippen LogP contribution in [0.2, 0.25) is 0 Å². The number of hydrogen-bond acceptors (Lipinski definition) is 6. The minimum atomic E-state index is -4.76. The number of phosphoric ester groups is 1. The van der Waals surface area contributed by atoms with E-state index in [-0.39, 0.29) is 19.4 Å². The molecule has 51 heavy (non-hydrogen) atoms. The Morgan fingerprint density at radius 3 is 1.37 bits per heavy atom. The van der Waals surface area contributed by atoms with Crippen molar-refractivity contribution < 1.29 is 37.9 Å². The van der Waals surface area contributed by atoms with Gasteiger partial charge in [-0.25, -0.2) is 4.57 Å². The van der Waals surface area contributed by atoms with Gasteiger partial charge in [-0.3, -0.25) is 14.1 Å². The van der Waals surface area contributed by atoms with Crippen molar-refractivity contribution in [2.24, 2.45) is 0 Å². The monoisotopic (exact) mass is 739 g/mol. The molecule has 0 aromatic carbocycles. The molecule has 296 valence electrons. The van der Waals surface area contributed by atoms with Crippen LogP contribution in [-0.4, -0.2) is 41.0 Å². The highest BCUT2D eigenvalue weighted by molar-refractivity contribution is 7.46. The quantitative estimate of drug-likeness (QED) is 0.0280. The van der Waals surface area contributed by atoms with Crippen molar-refractivity contribution >= 4 is 19.8 Å². The molecule has 0 saturated carbocycles. The van der Waals surface area contributed by atoms with Crippen molar-refractivity contribution in [3.63, 3.8) is 0 Å². The molecule has 0 rings (SSSR count). The first-order valence-corrected chi connectivity index (χ1v) is 22.0. The average molecular weight is 739 g/mol. The van der Waals surface area contributed by atoms with Gasteiger partial charge in [0.15, 0.2) is 6.10 Å². The summed E-state index contributed by atoms with van der Waals surface area (Å²) in [5.74, 6) is -0.947. The zero-order valence-corrected chi connectivity index (χ0v) is 33.4. The van der Waals surface area contributed by atoms with Gasteiger partial charge in [0.25, 0.3) is 0 Å². The molecule has 0 aromatic rings. The third kappa shape index (κ3) is 40.6. The molecule has 1 atom stereocenters. The highest BCUT2D eigenvalue weighted by Gasteiger charge is 2.22. The van der Waals surface area contributed by atoms with E-state index in [1.807, 2.05) is 6.08 Å². The van der Waals surface area contributed by atoms with Crippen molar-refractivity contribution in [3.05, 3.63) is 48.6 Å². The maximum Gasteiger partial charge on any atom is 0.469 e. The number of unbranched alkanes of at least 4 members (excludes halogenated alkanes) is 19. The van der Waals surface area contributed by atoms with E-state index in [4.69, 9.17) is 19.3 Å². The molecule has 0 spiro atoms. The van der Waals surface area contributed by atoms with Gasteiger partial charge in [0, 0.05) is 12.8 Å². The van der Waals surface area contributed by atoms with Crippen LogP contribution in [0.5, 0.6) is 0 Å². The number of hydrogen-bond donors (Lipinski definition) is 2. The second-order valence-electron chi connectivity index (χ2n) is 13.6. The lowest BCUT2D eigenvalue weighted by molar-refractivity contribution is -0.161. The first-order chi connectivity index (χ1) is 24.8. The smallest absolute Gasteiger partial charge is 0.462 e. The summed E-state index contributed by atoms with van der Waals surface area (Å²) in [6.45, 7) is 3.61. The largest absolute Gasteiger partial charge is 0.469 e. The Morgan fingerprint density at radius 2 is 0.902 bits per heavy atom. The number of rotatable bonds is 37. The zero-order valence-electron chi connectivity index (χ0n) is 32.5. The fourth-order valence-electron chi connectivity index (χ4n) is 5.54. The minimum absolute atomic E-state index is 0.192. The first-order valence-electron chi connectivity index (χ1n) is 20.4. The van der Waals surface area contributed by atoms with Gasteiger partial charge >= 0.3 is 19.8 Å². The predicted octanol–water partition coefficient (Wildman–Crippen LogP) is 12.3. The molecule has 0 aromatic heterocycles. The first kappa shape index (κ1) is 49.0. The second-order valence-corrected chi connectivity index (χ2v) is 14.9. The van der Waals surface area contributed by atoms with Gasteiger partial charge in [-0.15, -0.1) is 0 Å². The van der Waals surface area contributed by atoms with Crippen LogP contribution in [-0.2, 0) is 28.2 Å². The summed E-state index contributed by atoms with van der Waals surface area (Å²) in [4.78, 5) is 42.8. The van der Waals surface area contributed by atoms with Crippen LogP contribution >= 0.6 is 7.82 Å². The Balaban J connectivity index is 4.02. The van der Waals surface area contributed by atoms with Crippen molar-refractivity contribution in [3.8, 4) is 0 Å². The van der Waals surface area contributed by atoms with Gasteiger partial charge < -0.3 is 19.3 Å². The lowest BCUT2D eigenvalue weighted by atomic mass is 10.0. The molecule has 0 radical (unpaired) electrons. The number of phosphoric acid groups is 1. The summed E-state index contributed by atoms with van der Waals surface area (Å²) >= 11 is 0. The highest BCUT2D eigenvalue weighted by Crippen LogP contribution is 2.36. The third-order valence-corrected chi connectivity index (χ3v) is 9.09. The van der Waals surface area contributed by atoms with Gasteiger partial charge in [0.2, 0.25) is 0 Å². The highest BCUT2D eigenvalue weighted by atomic mass is 31.2. The molecule has 0 unspecified atom stereocenters. The standard InChI is InChI=1S/C42H75O8P/c1-3-5-7-9-11-13-15-17-19-21-23-24-26-28-30-32-34-36-41(43)48-38-40(39-49-51(45,46)47)50-42(44)37-35-33-31-29-27-25-22-20-18-16-14-12-10-8-6-4-2/h11,13,17,19,23-24,28,30,40H,3-10,12,14-16,18,20-22,25-27,29,31-39H2,1-2H3,(H2,45,46,47)/b13-11-,19-17-,24-23-,30-28-/t40-/m1/s1. The molecular formula is C42H75O8P. The molecule has 9 heteroatoms. The van der Waals surface area contributed by atoms with E-state index in [0.29, 0.717) is 12.8 Å². The Morgan fingerprint density at radius 1 is 0.510 bits per heavy atom. The topological polar surface area (TPSA) is 119 Å². The Kier molecular flexibility index (Phi) is 36.3. The number of esters is 2.